The van der Waals surface area contributed by atoms with E-state index in [-0.39, 0.29) is 18.5 Å². The van der Waals surface area contributed by atoms with E-state index in [2.05, 4.69) is 16.7 Å². The number of aliphatic hydroxyl groups is 3. The van der Waals surface area contributed by atoms with E-state index in [0.29, 0.717) is 11.7 Å². The third-order valence-corrected chi connectivity index (χ3v) is 3.49. The van der Waals surface area contributed by atoms with Crippen molar-refractivity contribution >= 4 is 23.6 Å². The Morgan fingerprint density at radius 1 is 1.59 bits per heavy atom. The fourth-order valence-electron chi connectivity index (χ4n) is 1.55. The topological polar surface area (TPSA) is 96.1 Å². The molecule has 1 aliphatic heterocycles. The number of hydrogen-bond donors (Lipinski definition) is 4. The lowest BCUT2D eigenvalue weighted by atomic mass is 10.0. The standard InChI is InChI=1S/C10H18N2O4S/c1-3-12-10(11-2)17-8-4-6(14)9(15)7(5-13)16-8/h6-9,13-15H,2-5H2,1H3/p+1. The Bertz CT molecular complexity index is 296. The van der Waals surface area contributed by atoms with Crippen molar-refractivity contribution in [3.05, 3.63) is 0 Å². The van der Waals surface area contributed by atoms with Crippen LogP contribution in [0.25, 0.3) is 0 Å². The Morgan fingerprint density at radius 2 is 2.29 bits per heavy atom. The first-order valence-electron chi connectivity index (χ1n) is 5.49. The molecule has 7 heteroatoms. The Morgan fingerprint density at radius 3 is 2.82 bits per heavy atom. The highest BCUT2D eigenvalue weighted by Gasteiger charge is 2.38. The molecule has 0 saturated carbocycles. The van der Waals surface area contributed by atoms with Gasteiger partial charge in [-0.1, -0.05) is 0 Å². The van der Waals surface area contributed by atoms with Crippen molar-refractivity contribution in [1.82, 2.24) is 9.98 Å². The molecule has 0 aromatic heterocycles. The van der Waals surface area contributed by atoms with Crippen LogP contribution in [0.3, 0.4) is 0 Å². The van der Waals surface area contributed by atoms with Gasteiger partial charge in [0.05, 0.1) is 19.3 Å². The summed E-state index contributed by atoms with van der Waals surface area (Å²) < 4.78 is 9.25. The monoisotopic (exact) mass is 263 g/mol. The van der Waals surface area contributed by atoms with Gasteiger partial charge in [-0.05, 0) is 6.92 Å². The maximum Gasteiger partial charge on any atom is 0.405 e. The molecule has 4 unspecified atom stereocenters. The van der Waals surface area contributed by atoms with Crippen LogP contribution >= 0.6 is 11.8 Å². The first-order valence-corrected chi connectivity index (χ1v) is 6.37. The highest BCUT2D eigenvalue weighted by atomic mass is 32.2. The third kappa shape index (κ3) is 3.99. The fourth-order valence-corrected chi connectivity index (χ4v) is 2.60. The van der Waals surface area contributed by atoms with Crippen LogP contribution in [0.4, 0.5) is 0 Å². The Balaban J connectivity index is 2.58. The van der Waals surface area contributed by atoms with Crippen molar-refractivity contribution in [3.63, 3.8) is 0 Å². The lowest BCUT2D eigenvalue weighted by Gasteiger charge is -2.35. The predicted molar refractivity (Wildman–Crippen MR) is 67.9 cm³/mol. The quantitative estimate of drug-likeness (QED) is 0.275. The van der Waals surface area contributed by atoms with Gasteiger partial charge in [0.2, 0.25) is 0 Å². The molecule has 0 amide bonds. The van der Waals surface area contributed by atoms with E-state index in [4.69, 9.17) is 9.84 Å². The molecule has 1 heterocycles. The lowest BCUT2D eigenvalue weighted by Crippen LogP contribution is -2.49. The Hall–Kier alpha value is -0.560. The average Bonchev–Trinajstić information content (AvgIpc) is 2.32. The zero-order valence-electron chi connectivity index (χ0n) is 9.74. The number of ether oxygens (including phenoxy) is 1. The molecule has 4 atom stereocenters. The molecule has 6 nitrogen and oxygen atoms in total. The summed E-state index contributed by atoms with van der Waals surface area (Å²) in [4.78, 5) is 0. The number of nitrogens with zero attached hydrogens (tertiary/aromatic N) is 1. The van der Waals surface area contributed by atoms with Gasteiger partial charge >= 0.3 is 5.17 Å². The minimum Gasteiger partial charge on any atom is -0.394 e. The van der Waals surface area contributed by atoms with Crippen LogP contribution in [0, 0.1) is 0 Å². The second kappa shape index (κ2) is 7.00. The maximum absolute atomic E-state index is 9.63. The van der Waals surface area contributed by atoms with Gasteiger partial charge < -0.3 is 20.1 Å². The molecule has 4 N–H and O–H groups in total. The van der Waals surface area contributed by atoms with Crippen molar-refractivity contribution in [3.8, 4) is 0 Å². The number of hydrogen-bond acceptors (Lipinski definition) is 5. The van der Waals surface area contributed by atoms with E-state index in [1.54, 1.807) is 0 Å². The molecule has 98 valence electrons. The fraction of sp³-hybridized carbons (Fsp3) is 0.800. The van der Waals surface area contributed by atoms with E-state index in [0.717, 1.165) is 0 Å². The summed E-state index contributed by atoms with van der Waals surface area (Å²) in [6.45, 7) is 5.75. The second-order valence-electron chi connectivity index (χ2n) is 3.69. The first kappa shape index (κ1) is 14.5. The Kier molecular flexibility index (Phi) is 5.97. The van der Waals surface area contributed by atoms with Gasteiger partial charge in [0.1, 0.15) is 17.6 Å². The molecule has 1 rings (SSSR count). The molecule has 0 aromatic carbocycles. The summed E-state index contributed by atoms with van der Waals surface area (Å²) in [5, 5.41) is 31.8. The van der Waals surface area contributed by atoms with Crippen LogP contribution in [-0.2, 0) is 4.74 Å². The molecule has 1 aliphatic rings. The van der Waals surface area contributed by atoms with Crippen LogP contribution in [0.2, 0.25) is 0 Å². The Labute approximate surface area is 104 Å². The number of rotatable bonds is 3. The average molecular weight is 263 g/mol. The zero-order valence-corrected chi connectivity index (χ0v) is 10.6. The molecular weight excluding hydrogens is 244 g/mol. The number of amidine groups is 1. The lowest BCUT2D eigenvalue weighted by molar-refractivity contribution is -0.156. The van der Waals surface area contributed by atoms with E-state index >= 15 is 0 Å². The van der Waals surface area contributed by atoms with E-state index in [1.165, 1.54) is 11.8 Å². The van der Waals surface area contributed by atoms with Crippen molar-refractivity contribution in [2.45, 2.75) is 37.1 Å². The number of nitrogens with one attached hydrogen (secondary N) is 1. The van der Waals surface area contributed by atoms with Crippen molar-refractivity contribution in [2.75, 3.05) is 13.2 Å². The van der Waals surface area contributed by atoms with Gasteiger partial charge in [0.25, 0.3) is 0 Å². The summed E-state index contributed by atoms with van der Waals surface area (Å²) in [7, 11) is 0. The number of thioether (sulfide) groups is 1. The third-order valence-electron chi connectivity index (χ3n) is 2.43. The van der Waals surface area contributed by atoms with Crippen molar-refractivity contribution in [1.29, 1.82) is 0 Å². The molecule has 0 radical (unpaired) electrons. The maximum atomic E-state index is 9.63. The van der Waals surface area contributed by atoms with Gasteiger partial charge in [0.15, 0.2) is 6.72 Å². The van der Waals surface area contributed by atoms with Crippen LogP contribution in [-0.4, -0.2) is 64.1 Å². The molecule has 17 heavy (non-hydrogen) atoms. The van der Waals surface area contributed by atoms with E-state index in [9.17, 15) is 10.2 Å². The van der Waals surface area contributed by atoms with Crippen LogP contribution in [0.15, 0.2) is 0 Å². The smallest absolute Gasteiger partial charge is 0.394 e. The molecule has 1 saturated heterocycles. The second-order valence-corrected chi connectivity index (χ2v) is 4.84. The van der Waals surface area contributed by atoms with Gasteiger partial charge in [0, 0.05) is 18.2 Å². The van der Waals surface area contributed by atoms with Crippen LogP contribution in [0.1, 0.15) is 13.3 Å². The molecule has 0 aliphatic carbocycles. The van der Waals surface area contributed by atoms with Crippen molar-refractivity contribution < 1.29 is 20.1 Å². The first-order chi connectivity index (χ1) is 8.12. The van der Waals surface area contributed by atoms with Crippen LogP contribution in [0.5, 0.6) is 0 Å². The zero-order chi connectivity index (χ0) is 12.8. The van der Waals surface area contributed by atoms with Gasteiger partial charge in [-0.15, -0.1) is 0 Å². The minimum absolute atomic E-state index is 0.284. The molecule has 1 fully saturated rings. The van der Waals surface area contributed by atoms with Crippen LogP contribution < -0.4 is 9.98 Å². The summed E-state index contributed by atoms with van der Waals surface area (Å²) in [6, 6.07) is 0. The number of aliphatic hydroxyl groups excluding tert-OH is 3. The van der Waals surface area contributed by atoms with E-state index < -0.39 is 18.3 Å². The van der Waals surface area contributed by atoms with Gasteiger partial charge in [-0.2, -0.15) is 0 Å². The van der Waals surface area contributed by atoms with Crippen molar-refractivity contribution in [2.24, 2.45) is 0 Å². The summed E-state index contributed by atoms with van der Waals surface area (Å²) in [6.07, 6.45) is -2.42. The van der Waals surface area contributed by atoms with Gasteiger partial charge in [-0.25, -0.2) is 4.67 Å². The summed E-state index contributed by atoms with van der Waals surface area (Å²) in [5.41, 5.74) is -0.356. The highest BCUT2D eigenvalue weighted by molar-refractivity contribution is 8.14. The summed E-state index contributed by atoms with van der Waals surface area (Å²) in [5.74, 6) is 0. The SMILES string of the molecule is C=[N+]=C(NCC)SC1CC(O)C(O)C(CO)O1. The summed E-state index contributed by atoms with van der Waals surface area (Å²) >= 11 is 1.29. The molecule has 0 bridgehead atoms. The van der Waals surface area contributed by atoms with E-state index in [1.807, 2.05) is 6.92 Å². The molecule has 0 aromatic rings. The largest absolute Gasteiger partial charge is 0.405 e. The molecular formula is C10H19N2O4S+. The highest BCUT2D eigenvalue weighted by Crippen LogP contribution is 2.27. The van der Waals surface area contributed by atoms with Gasteiger partial charge in [-0.3, -0.25) is 5.32 Å². The predicted octanol–water partition coefficient (Wildman–Crippen LogP) is -1.72. The molecule has 0 spiro atoms. The minimum atomic E-state index is -1.05. The normalized spacial score (nSPS) is 32.9.